The molecule has 1 fully saturated rings. The molecule has 1 saturated carbocycles. The Hall–Kier alpha value is -1.39. The van der Waals surface area contributed by atoms with Gasteiger partial charge in [-0.1, -0.05) is 12.1 Å². The van der Waals surface area contributed by atoms with Gasteiger partial charge in [0.15, 0.2) is 0 Å². The van der Waals surface area contributed by atoms with E-state index in [9.17, 15) is 9.59 Å². The van der Waals surface area contributed by atoms with Gasteiger partial charge in [-0.3, -0.25) is 9.59 Å². The molecule has 0 aromatic carbocycles. The first-order valence-corrected chi connectivity index (χ1v) is 7.89. The van der Waals surface area contributed by atoms with E-state index in [4.69, 9.17) is 11.6 Å². The molecule has 3 nitrogen and oxygen atoms in total. The number of hydrogen-bond donors (Lipinski definition) is 0. The summed E-state index contributed by atoms with van der Waals surface area (Å²) in [6, 6.07) is 8.14. The van der Waals surface area contributed by atoms with Gasteiger partial charge >= 0.3 is 0 Å². The second-order valence-corrected chi connectivity index (χ2v) is 6.35. The number of carbonyl (C=O) groups is 1. The summed E-state index contributed by atoms with van der Waals surface area (Å²) < 4.78 is 1.89. The fourth-order valence-electron chi connectivity index (χ4n) is 2.34. The van der Waals surface area contributed by atoms with Crippen molar-refractivity contribution in [1.29, 1.82) is 0 Å². The maximum Gasteiger partial charge on any atom is 0.254 e. The highest BCUT2D eigenvalue weighted by Gasteiger charge is 2.28. The van der Waals surface area contributed by atoms with Crippen LogP contribution in [0.2, 0.25) is 0 Å². The predicted octanol–water partition coefficient (Wildman–Crippen LogP) is 3.61. The summed E-state index contributed by atoms with van der Waals surface area (Å²) in [6.45, 7) is 0. The van der Waals surface area contributed by atoms with Crippen molar-refractivity contribution in [2.45, 2.75) is 31.7 Å². The molecule has 20 heavy (non-hydrogen) atoms. The van der Waals surface area contributed by atoms with Crippen LogP contribution in [0.5, 0.6) is 0 Å². The third-order valence-corrected chi connectivity index (χ3v) is 4.55. The van der Waals surface area contributed by atoms with E-state index in [1.165, 1.54) is 0 Å². The zero-order valence-electron chi connectivity index (χ0n) is 10.8. The van der Waals surface area contributed by atoms with E-state index >= 15 is 0 Å². The van der Waals surface area contributed by atoms with Gasteiger partial charge in [0, 0.05) is 18.0 Å². The summed E-state index contributed by atoms with van der Waals surface area (Å²) in [7, 11) is 0. The lowest BCUT2D eigenvalue weighted by Gasteiger charge is -2.12. The number of nitrogens with zero attached hydrogens (tertiary/aromatic N) is 1. The fourth-order valence-corrected chi connectivity index (χ4v) is 3.18. The van der Waals surface area contributed by atoms with Crippen LogP contribution >= 0.6 is 22.9 Å². The minimum absolute atomic E-state index is 0.0244. The van der Waals surface area contributed by atoms with Crippen molar-refractivity contribution in [3.8, 4) is 10.6 Å². The van der Waals surface area contributed by atoms with Crippen LogP contribution in [-0.4, -0.2) is 9.81 Å². The minimum atomic E-state index is -0.398. The number of aryl methyl sites for hydroxylation is 1. The van der Waals surface area contributed by atoms with Gasteiger partial charge in [-0.2, -0.15) is 0 Å². The highest BCUT2D eigenvalue weighted by Crippen LogP contribution is 2.38. The predicted molar refractivity (Wildman–Crippen MR) is 81.5 cm³/mol. The summed E-state index contributed by atoms with van der Waals surface area (Å²) in [4.78, 5) is 24.6. The number of rotatable bonds is 5. The third kappa shape index (κ3) is 2.72. The van der Waals surface area contributed by atoms with Gasteiger partial charge in [-0.15, -0.1) is 11.3 Å². The molecular formula is C15H14ClNO2S. The number of pyridine rings is 1. The van der Waals surface area contributed by atoms with Crippen LogP contribution in [0, 0.1) is 0 Å². The van der Waals surface area contributed by atoms with Crippen molar-refractivity contribution in [1.82, 2.24) is 4.57 Å². The van der Waals surface area contributed by atoms with E-state index in [1.54, 1.807) is 11.3 Å². The molecule has 0 saturated heterocycles. The Kier molecular flexibility index (Phi) is 3.76. The quantitative estimate of drug-likeness (QED) is 0.792. The first kappa shape index (κ1) is 13.6. The summed E-state index contributed by atoms with van der Waals surface area (Å²) in [5, 5.41) is 1.61. The maximum atomic E-state index is 12.6. The Bertz CT molecular complexity index is 686. The van der Waals surface area contributed by atoms with Gasteiger partial charge in [0.05, 0.1) is 10.6 Å². The number of carbonyl (C=O) groups excluding carboxylic acids is 1. The molecule has 0 spiro atoms. The van der Waals surface area contributed by atoms with Gasteiger partial charge in [0.25, 0.3) is 5.56 Å². The van der Waals surface area contributed by atoms with E-state index in [2.05, 4.69) is 0 Å². The van der Waals surface area contributed by atoms with Crippen LogP contribution in [0.25, 0.3) is 10.6 Å². The molecule has 0 atom stereocenters. The third-order valence-electron chi connectivity index (χ3n) is 3.47. The smallest absolute Gasteiger partial charge is 0.254 e. The molecule has 0 unspecified atom stereocenters. The lowest BCUT2D eigenvalue weighted by atomic mass is 10.1. The van der Waals surface area contributed by atoms with Gasteiger partial charge in [-0.25, -0.2) is 0 Å². The summed E-state index contributed by atoms with van der Waals surface area (Å²) in [5.41, 5.74) is 1.68. The zero-order valence-corrected chi connectivity index (χ0v) is 12.4. The molecule has 3 rings (SSSR count). The highest BCUT2D eigenvalue weighted by atomic mass is 35.5. The normalized spacial score (nSPS) is 14.4. The average Bonchev–Trinajstić information content (AvgIpc) is 3.11. The number of thiophene rings is 1. The van der Waals surface area contributed by atoms with Crippen molar-refractivity contribution >= 4 is 28.2 Å². The molecule has 0 bridgehead atoms. The Morgan fingerprint density at radius 1 is 1.35 bits per heavy atom. The maximum absolute atomic E-state index is 12.6. The fraction of sp³-hybridized carbons (Fsp3) is 0.333. The largest absolute Gasteiger partial charge is 0.304 e. The van der Waals surface area contributed by atoms with Crippen LogP contribution in [0.15, 0.2) is 34.4 Å². The van der Waals surface area contributed by atoms with Gasteiger partial charge in [-0.05, 0) is 48.4 Å². The lowest BCUT2D eigenvalue weighted by Crippen LogP contribution is -2.24. The molecule has 1 aliphatic carbocycles. The standard InChI is InChI=1S/C15H14ClNO2S/c16-14(18)8-4-10-3-7-12(13-2-1-9-20-13)17(15(10)19)11-5-6-11/h1-3,7,9,11H,4-6,8H2. The Morgan fingerprint density at radius 2 is 2.15 bits per heavy atom. The Morgan fingerprint density at radius 3 is 2.75 bits per heavy atom. The molecule has 2 heterocycles. The van der Waals surface area contributed by atoms with Crippen molar-refractivity contribution in [3.05, 3.63) is 45.6 Å². The topological polar surface area (TPSA) is 39.1 Å². The molecule has 5 heteroatoms. The lowest BCUT2D eigenvalue weighted by molar-refractivity contribution is -0.111. The van der Waals surface area contributed by atoms with Crippen LogP contribution < -0.4 is 5.56 Å². The SMILES string of the molecule is O=C(Cl)CCc1ccc(-c2cccs2)n(C2CC2)c1=O. The Balaban J connectivity index is 2.03. The van der Waals surface area contributed by atoms with E-state index in [1.807, 2.05) is 34.2 Å². The zero-order chi connectivity index (χ0) is 14.1. The molecule has 2 aromatic rings. The minimum Gasteiger partial charge on any atom is -0.304 e. The summed E-state index contributed by atoms with van der Waals surface area (Å²) in [5.74, 6) is 0. The highest BCUT2D eigenvalue weighted by molar-refractivity contribution is 7.13. The second-order valence-electron chi connectivity index (χ2n) is 4.98. The molecule has 104 valence electrons. The number of hydrogen-bond acceptors (Lipinski definition) is 3. The molecule has 0 aliphatic heterocycles. The van der Waals surface area contributed by atoms with E-state index in [-0.39, 0.29) is 12.0 Å². The van der Waals surface area contributed by atoms with Gasteiger partial charge in [0.2, 0.25) is 5.24 Å². The molecular weight excluding hydrogens is 294 g/mol. The molecule has 0 amide bonds. The van der Waals surface area contributed by atoms with Crippen LogP contribution in [0.3, 0.4) is 0 Å². The molecule has 0 radical (unpaired) electrons. The number of halogens is 1. The first-order valence-electron chi connectivity index (χ1n) is 6.63. The molecule has 1 aliphatic rings. The van der Waals surface area contributed by atoms with Gasteiger partial charge in [0.1, 0.15) is 0 Å². The van der Waals surface area contributed by atoms with Crippen LogP contribution in [0.4, 0.5) is 0 Å². The van der Waals surface area contributed by atoms with Gasteiger partial charge < -0.3 is 4.57 Å². The number of aromatic nitrogens is 1. The second kappa shape index (κ2) is 5.54. The summed E-state index contributed by atoms with van der Waals surface area (Å²) in [6.07, 6.45) is 2.73. The van der Waals surface area contributed by atoms with E-state index < -0.39 is 5.24 Å². The molecule has 0 N–H and O–H groups in total. The monoisotopic (exact) mass is 307 g/mol. The molecule has 2 aromatic heterocycles. The van der Waals surface area contributed by atoms with Crippen LogP contribution in [0.1, 0.15) is 30.9 Å². The van der Waals surface area contributed by atoms with E-state index in [0.29, 0.717) is 18.0 Å². The van der Waals surface area contributed by atoms with E-state index in [0.717, 1.165) is 23.4 Å². The van der Waals surface area contributed by atoms with Crippen molar-refractivity contribution < 1.29 is 4.79 Å². The van der Waals surface area contributed by atoms with Crippen LogP contribution in [-0.2, 0) is 11.2 Å². The average molecular weight is 308 g/mol. The van der Waals surface area contributed by atoms with Crippen molar-refractivity contribution in [3.63, 3.8) is 0 Å². The Labute approximate surface area is 125 Å². The summed E-state index contributed by atoms with van der Waals surface area (Å²) >= 11 is 6.99. The van der Waals surface area contributed by atoms with Crippen molar-refractivity contribution in [2.24, 2.45) is 0 Å². The van der Waals surface area contributed by atoms with Crippen molar-refractivity contribution in [2.75, 3.05) is 0 Å². The first-order chi connectivity index (χ1) is 9.66.